The van der Waals surface area contributed by atoms with Gasteiger partial charge in [-0.1, -0.05) is 0 Å². The summed E-state index contributed by atoms with van der Waals surface area (Å²) in [5.41, 5.74) is -0.225. The molecule has 8 heteroatoms. The average molecular weight is 313 g/mol. The molecular formula is C14H19NO7. The van der Waals surface area contributed by atoms with Crippen molar-refractivity contribution in [3.63, 3.8) is 0 Å². The van der Waals surface area contributed by atoms with Gasteiger partial charge < -0.3 is 28.6 Å². The molecule has 122 valence electrons. The van der Waals surface area contributed by atoms with E-state index in [1.807, 2.05) is 0 Å². The molecule has 1 aromatic heterocycles. The third kappa shape index (κ3) is 3.53. The van der Waals surface area contributed by atoms with Crippen molar-refractivity contribution in [3.8, 4) is 0 Å². The maximum Gasteiger partial charge on any atom is 0.343 e. The van der Waals surface area contributed by atoms with Gasteiger partial charge in [0, 0.05) is 19.4 Å². The van der Waals surface area contributed by atoms with E-state index in [4.69, 9.17) is 18.9 Å². The van der Waals surface area contributed by atoms with Gasteiger partial charge in [0.15, 0.2) is 18.0 Å². The lowest BCUT2D eigenvalue weighted by Gasteiger charge is -2.35. The zero-order valence-electron chi connectivity index (χ0n) is 12.6. The summed E-state index contributed by atoms with van der Waals surface area (Å²) in [6.07, 6.45) is -0.879. The van der Waals surface area contributed by atoms with Crippen LogP contribution in [-0.4, -0.2) is 41.9 Å². The highest BCUT2D eigenvalue weighted by Gasteiger charge is 2.32. The second-order valence-corrected chi connectivity index (χ2v) is 4.71. The van der Waals surface area contributed by atoms with E-state index < -0.39 is 24.0 Å². The van der Waals surface area contributed by atoms with Crippen LogP contribution in [0.3, 0.4) is 0 Å². The van der Waals surface area contributed by atoms with Crippen molar-refractivity contribution >= 4 is 5.97 Å². The normalized spacial score (nSPS) is 22.0. The number of hydrogen-bond acceptors (Lipinski definition) is 7. The summed E-state index contributed by atoms with van der Waals surface area (Å²) in [5.74, 6) is -0.719. The molecule has 22 heavy (non-hydrogen) atoms. The minimum atomic E-state index is -1.10. The van der Waals surface area contributed by atoms with E-state index in [-0.39, 0.29) is 25.0 Å². The molecule has 0 amide bonds. The topological polar surface area (TPSA) is 96.2 Å². The Balaban J connectivity index is 2.37. The van der Waals surface area contributed by atoms with Gasteiger partial charge in [-0.05, 0) is 13.8 Å². The largest absolute Gasteiger partial charge is 0.462 e. The Bertz CT molecular complexity index is 591. The second-order valence-electron chi connectivity index (χ2n) is 4.71. The molecule has 1 atom stereocenters. The average Bonchev–Trinajstić information content (AvgIpc) is 2.45. The Kier molecular flexibility index (Phi) is 5.30. The van der Waals surface area contributed by atoms with Crippen LogP contribution in [0, 0.1) is 0 Å². The number of methoxy groups -OCH3 is 1. The molecule has 1 aliphatic heterocycles. The first-order chi connectivity index (χ1) is 10.5. The van der Waals surface area contributed by atoms with Crippen molar-refractivity contribution in [2.24, 2.45) is 0 Å². The van der Waals surface area contributed by atoms with Crippen LogP contribution in [-0.2, 0) is 25.5 Å². The molecule has 0 aromatic carbocycles. The van der Waals surface area contributed by atoms with E-state index in [0.717, 1.165) is 0 Å². The molecule has 1 saturated heterocycles. The number of carbonyl (C=O) groups excluding carboxylic acids is 1. The van der Waals surface area contributed by atoms with Gasteiger partial charge in [-0.25, -0.2) is 4.79 Å². The molecule has 1 fully saturated rings. The van der Waals surface area contributed by atoms with Gasteiger partial charge in [0.2, 0.25) is 6.29 Å². The minimum absolute atomic E-state index is 0.0100. The summed E-state index contributed by atoms with van der Waals surface area (Å²) in [5, 5.41) is 9.64. The summed E-state index contributed by atoms with van der Waals surface area (Å²) in [4.78, 5) is 23.9. The Morgan fingerprint density at radius 3 is 2.73 bits per heavy atom. The number of aliphatic hydroxyl groups is 1. The van der Waals surface area contributed by atoms with Crippen molar-refractivity contribution in [1.29, 1.82) is 0 Å². The van der Waals surface area contributed by atoms with E-state index in [1.54, 1.807) is 13.8 Å². The predicted octanol–water partition coefficient (Wildman–Crippen LogP) is 0.381. The second kappa shape index (κ2) is 7.01. The molecule has 0 radical (unpaired) electrons. The number of aliphatic hydroxyl groups excluding tert-OH is 1. The number of pyridine rings is 1. The van der Waals surface area contributed by atoms with Crippen LogP contribution in [0.15, 0.2) is 17.1 Å². The molecule has 0 spiro atoms. The Morgan fingerprint density at radius 1 is 1.50 bits per heavy atom. The Labute approximate surface area is 127 Å². The lowest BCUT2D eigenvalue weighted by molar-refractivity contribution is -0.384. The number of hydrogen-bond donors (Lipinski definition) is 1. The predicted molar refractivity (Wildman–Crippen MR) is 74.0 cm³/mol. The zero-order valence-corrected chi connectivity index (χ0v) is 12.6. The van der Waals surface area contributed by atoms with Crippen LogP contribution in [0.4, 0.5) is 0 Å². The van der Waals surface area contributed by atoms with Crippen LogP contribution in [0.25, 0.3) is 0 Å². The molecule has 0 saturated carbocycles. The third-order valence-electron chi connectivity index (χ3n) is 3.15. The molecule has 1 N–H and O–H groups in total. The molecule has 0 aliphatic carbocycles. The van der Waals surface area contributed by atoms with Crippen LogP contribution in [0.2, 0.25) is 0 Å². The smallest absolute Gasteiger partial charge is 0.343 e. The fraction of sp³-hybridized carbons (Fsp3) is 0.571. The SMILES string of the molecule is CCOC(=O)c1cn(CC(O)OC)c(C2OC(C)O2)cc1=O. The molecule has 2 rings (SSSR count). The van der Waals surface area contributed by atoms with E-state index in [1.165, 1.54) is 23.9 Å². The molecule has 1 unspecified atom stereocenters. The first-order valence-corrected chi connectivity index (χ1v) is 6.89. The number of aromatic nitrogens is 1. The summed E-state index contributed by atoms with van der Waals surface area (Å²) in [6.45, 7) is 3.54. The summed E-state index contributed by atoms with van der Waals surface area (Å²) in [6, 6.07) is 1.24. The molecule has 8 nitrogen and oxygen atoms in total. The van der Waals surface area contributed by atoms with E-state index in [2.05, 4.69) is 0 Å². The molecule has 2 heterocycles. The Hall–Kier alpha value is -1.74. The maximum absolute atomic E-state index is 12.1. The monoisotopic (exact) mass is 313 g/mol. The third-order valence-corrected chi connectivity index (χ3v) is 3.15. The summed E-state index contributed by atoms with van der Waals surface area (Å²) < 4.78 is 21.9. The van der Waals surface area contributed by atoms with Crippen molar-refractivity contribution in [3.05, 3.63) is 33.7 Å². The van der Waals surface area contributed by atoms with Crippen LogP contribution < -0.4 is 5.43 Å². The van der Waals surface area contributed by atoms with Crippen LogP contribution in [0.5, 0.6) is 0 Å². The highest BCUT2D eigenvalue weighted by atomic mass is 16.9. The summed E-state index contributed by atoms with van der Waals surface area (Å²) >= 11 is 0. The highest BCUT2D eigenvalue weighted by molar-refractivity contribution is 5.88. The van der Waals surface area contributed by atoms with Gasteiger partial charge in [0.1, 0.15) is 5.56 Å². The number of ether oxygens (including phenoxy) is 4. The zero-order chi connectivity index (χ0) is 16.3. The number of nitrogens with zero attached hydrogens (tertiary/aromatic N) is 1. The molecule has 1 aliphatic rings. The number of esters is 1. The first kappa shape index (κ1) is 16.6. The van der Waals surface area contributed by atoms with Crippen LogP contribution in [0.1, 0.15) is 36.2 Å². The van der Waals surface area contributed by atoms with Crippen molar-refractivity contribution in [2.75, 3.05) is 13.7 Å². The first-order valence-electron chi connectivity index (χ1n) is 6.89. The standard InChI is InChI=1S/C14H19NO7/c1-4-20-13(18)9-6-15(7-12(17)19-3)10(5-11(9)16)14-21-8(2)22-14/h5-6,8,12,14,17H,4,7H2,1-3H3. The number of carbonyl (C=O) groups is 1. The lowest BCUT2D eigenvalue weighted by atomic mass is 10.2. The highest BCUT2D eigenvalue weighted by Crippen LogP contribution is 2.30. The molecular weight excluding hydrogens is 294 g/mol. The molecule has 0 bridgehead atoms. The van der Waals surface area contributed by atoms with Gasteiger partial charge in [-0.15, -0.1) is 0 Å². The van der Waals surface area contributed by atoms with Gasteiger partial charge in [0.05, 0.1) is 18.8 Å². The minimum Gasteiger partial charge on any atom is -0.462 e. The van der Waals surface area contributed by atoms with Crippen molar-refractivity contribution in [1.82, 2.24) is 4.57 Å². The van der Waals surface area contributed by atoms with Crippen molar-refractivity contribution in [2.45, 2.75) is 39.3 Å². The van der Waals surface area contributed by atoms with Gasteiger partial charge in [-0.2, -0.15) is 0 Å². The molecule has 1 aromatic rings. The van der Waals surface area contributed by atoms with Gasteiger partial charge in [-0.3, -0.25) is 4.79 Å². The van der Waals surface area contributed by atoms with Crippen LogP contribution >= 0.6 is 0 Å². The number of rotatable bonds is 6. The van der Waals surface area contributed by atoms with Crippen molar-refractivity contribution < 1.29 is 28.8 Å². The van der Waals surface area contributed by atoms with E-state index in [9.17, 15) is 14.7 Å². The quantitative estimate of drug-likeness (QED) is 0.599. The Morgan fingerprint density at radius 2 is 2.18 bits per heavy atom. The lowest BCUT2D eigenvalue weighted by Crippen LogP contribution is -2.36. The fourth-order valence-electron chi connectivity index (χ4n) is 2.05. The summed E-state index contributed by atoms with van der Waals surface area (Å²) in [7, 11) is 1.34. The fourth-order valence-corrected chi connectivity index (χ4v) is 2.05. The van der Waals surface area contributed by atoms with Gasteiger partial charge in [0.25, 0.3) is 0 Å². The maximum atomic E-state index is 12.1. The van der Waals surface area contributed by atoms with E-state index >= 15 is 0 Å². The van der Waals surface area contributed by atoms with Gasteiger partial charge >= 0.3 is 5.97 Å². The van der Waals surface area contributed by atoms with E-state index in [0.29, 0.717) is 5.69 Å².